The smallest absolute Gasteiger partial charge is 0.220 e. The molecular weight excluding hydrogens is 190 g/mol. The van der Waals surface area contributed by atoms with Crippen LogP contribution in [0, 0.1) is 17.8 Å². The van der Waals surface area contributed by atoms with Crippen molar-refractivity contribution in [1.29, 1.82) is 0 Å². The Kier molecular flexibility index (Phi) is 7.01. The number of hydrogen-bond donors (Lipinski definition) is 1. The molecule has 0 aromatic carbocycles. The molecular formula is C12H23NO2. The number of primary amides is 1. The van der Waals surface area contributed by atoms with Crippen molar-refractivity contribution < 1.29 is 9.59 Å². The van der Waals surface area contributed by atoms with Crippen molar-refractivity contribution in [3.63, 3.8) is 0 Å². The van der Waals surface area contributed by atoms with Gasteiger partial charge >= 0.3 is 0 Å². The van der Waals surface area contributed by atoms with E-state index in [1.807, 2.05) is 0 Å². The lowest BCUT2D eigenvalue weighted by atomic mass is 9.79. The van der Waals surface area contributed by atoms with E-state index in [2.05, 4.69) is 13.8 Å². The van der Waals surface area contributed by atoms with Crippen LogP contribution in [0.5, 0.6) is 0 Å². The zero-order valence-corrected chi connectivity index (χ0v) is 10.0. The first-order valence-electron chi connectivity index (χ1n) is 5.83. The Morgan fingerprint density at radius 1 is 1.40 bits per heavy atom. The highest BCUT2D eigenvalue weighted by Crippen LogP contribution is 2.26. The maximum atomic E-state index is 11.1. The van der Waals surface area contributed by atoms with Gasteiger partial charge in [-0.15, -0.1) is 0 Å². The summed E-state index contributed by atoms with van der Waals surface area (Å²) in [5, 5.41) is 0. The highest BCUT2D eigenvalue weighted by Gasteiger charge is 2.28. The Balaban J connectivity index is 4.45. The van der Waals surface area contributed by atoms with Crippen LogP contribution in [0.3, 0.4) is 0 Å². The lowest BCUT2D eigenvalue weighted by Gasteiger charge is -2.25. The van der Waals surface area contributed by atoms with Crippen molar-refractivity contribution >= 4 is 12.2 Å². The second-order valence-corrected chi connectivity index (χ2v) is 4.22. The third kappa shape index (κ3) is 4.45. The van der Waals surface area contributed by atoms with E-state index < -0.39 is 0 Å². The number of unbranched alkanes of at least 4 members (excludes halogenated alkanes) is 1. The van der Waals surface area contributed by atoms with Crippen LogP contribution in [0.25, 0.3) is 0 Å². The first-order valence-corrected chi connectivity index (χ1v) is 5.83. The average Bonchev–Trinajstić information content (AvgIpc) is 2.23. The summed E-state index contributed by atoms with van der Waals surface area (Å²) in [6.45, 7) is 5.93. The molecule has 15 heavy (non-hydrogen) atoms. The largest absolute Gasteiger partial charge is 0.369 e. The van der Waals surface area contributed by atoms with Crippen molar-refractivity contribution in [3.8, 4) is 0 Å². The van der Waals surface area contributed by atoms with Gasteiger partial charge in [0.15, 0.2) is 0 Å². The van der Waals surface area contributed by atoms with Crippen LogP contribution in [0.15, 0.2) is 0 Å². The summed E-state index contributed by atoms with van der Waals surface area (Å²) in [6.07, 6.45) is 5.07. The number of amides is 1. The molecule has 3 atom stereocenters. The van der Waals surface area contributed by atoms with Gasteiger partial charge in [0.2, 0.25) is 5.91 Å². The van der Waals surface area contributed by atoms with Crippen LogP contribution < -0.4 is 5.73 Å². The third-order valence-electron chi connectivity index (χ3n) is 3.18. The van der Waals surface area contributed by atoms with Crippen molar-refractivity contribution in [2.24, 2.45) is 23.5 Å². The summed E-state index contributed by atoms with van der Waals surface area (Å²) in [5.74, 6) is -0.629. The average molecular weight is 213 g/mol. The van der Waals surface area contributed by atoms with Crippen LogP contribution in [0.1, 0.15) is 46.5 Å². The number of carbonyl (C=O) groups excluding carboxylic acids is 2. The summed E-state index contributed by atoms with van der Waals surface area (Å²) in [7, 11) is 0. The normalized spacial score (nSPS) is 16.7. The number of carbonyl (C=O) groups is 2. The van der Waals surface area contributed by atoms with Gasteiger partial charge in [-0.25, -0.2) is 0 Å². The Bertz CT molecular complexity index is 204. The van der Waals surface area contributed by atoms with E-state index in [0.29, 0.717) is 5.92 Å². The maximum Gasteiger partial charge on any atom is 0.220 e. The van der Waals surface area contributed by atoms with E-state index in [-0.39, 0.29) is 17.7 Å². The van der Waals surface area contributed by atoms with E-state index in [4.69, 9.17) is 5.73 Å². The highest BCUT2D eigenvalue weighted by molar-refractivity contribution is 5.79. The summed E-state index contributed by atoms with van der Waals surface area (Å²) in [5.41, 5.74) is 5.24. The summed E-state index contributed by atoms with van der Waals surface area (Å²) >= 11 is 0. The number of nitrogens with two attached hydrogens (primary N) is 1. The van der Waals surface area contributed by atoms with Gasteiger partial charge in [-0.3, -0.25) is 4.79 Å². The van der Waals surface area contributed by atoms with Crippen molar-refractivity contribution in [2.45, 2.75) is 46.5 Å². The molecule has 0 bridgehead atoms. The standard InChI is InChI=1S/C12H23NO2/c1-4-6-7-10(5-2)11(8-14)9(3)12(13)15/h8-11H,4-7H2,1-3H3,(H2,13,15)/t9-,10+,11-/m1/s1. The van der Waals surface area contributed by atoms with Gasteiger partial charge in [-0.05, 0) is 12.3 Å². The van der Waals surface area contributed by atoms with Gasteiger partial charge in [0.1, 0.15) is 6.29 Å². The first kappa shape index (κ1) is 14.1. The zero-order chi connectivity index (χ0) is 11.8. The molecule has 0 unspecified atom stereocenters. The molecule has 0 aromatic rings. The molecule has 88 valence electrons. The second-order valence-electron chi connectivity index (χ2n) is 4.22. The quantitative estimate of drug-likeness (QED) is 0.628. The van der Waals surface area contributed by atoms with Crippen LogP contribution in [0.4, 0.5) is 0 Å². The van der Waals surface area contributed by atoms with Crippen LogP contribution in [-0.4, -0.2) is 12.2 Å². The van der Waals surface area contributed by atoms with E-state index in [1.54, 1.807) is 6.92 Å². The van der Waals surface area contributed by atoms with Crippen LogP contribution in [0.2, 0.25) is 0 Å². The highest BCUT2D eigenvalue weighted by atomic mass is 16.1. The second kappa shape index (κ2) is 7.43. The minimum absolute atomic E-state index is 0.209. The molecule has 0 aliphatic carbocycles. The zero-order valence-electron chi connectivity index (χ0n) is 10.0. The van der Waals surface area contributed by atoms with Gasteiger partial charge in [-0.2, -0.15) is 0 Å². The van der Waals surface area contributed by atoms with Gasteiger partial charge in [0, 0.05) is 11.8 Å². The third-order valence-corrected chi connectivity index (χ3v) is 3.18. The molecule has 0 spiro atoms. The fourth-order valence-corrected chi connectivity index (χ4v) is 1.96. The lowest BCUT2D eigenvalue weighted by Crippen LogP contribution is -2.33. The van der Waals surface area contributed by atoms with Gasteiger partial charge in [0.05, 0.1) is 0 Å². The SMILES string of the molecule is CCCC[C@H](CC)[C@H](C=O)[C@@H](C)C(N)=O. The Hall–Kier alpha value is -0.860. The maximum absolute atomic E-state index is 11.1. The predicted molar refractivity (Wildman–Crippen MR) is 61.2 cm³/mol. The molecule has 0 radical (unpaired) electrons. The first-order chi connectivity index (χ1) is 7.08. The van der Waals surface area contributed by atoms with Crippen molar-refractivity contribution in [3.05, 3.63) is 0 Å². The molecule has 2 N–H and O–H groups in total. The Morgan fingerprint density at radius 2 is 2.00 bits per heavy atom. The van der Waals surface area contributed by atoms with Gasteiger partial charge < -0.3 is 10.5 Å². The molecule has 0 heterocycles. The molecule has 0 fully saturated rings. The fourth-order valence-electron chi connectivity index (χ4n) is 1.96. The van der Waals surface area contributed by atoms with E-state index in [1.165, 1.54) is 0 Å². The molecule has 3 nitrogen and oxygen atoms in total. The molecule has 1 amide bonds. The molecule has 3 heteroatoms. The van der Waals surface area contributed by atoms with Crippen LogP contribution >= 0.6 is 0 Å². The number of hydrogen-bond acceptors (Lipinski definition) is 2. The number of rotatable bonds is 8. The minimum atomic E-state index is -0.373. The molecule has 0 rings (SSSR count). The predicted octanol–water partition coefficient (Wildman–Crippen LogP) is 2.14. The van der Waals surface area contributed by atoms with Gasteiger partial charge in [-0.1, -0.05) is 40.0 Å². The molecule has 0 saturated carbocycles. The Labute approximate surface area is 92.4 Å². The van der Waals surface area contributed by atoms with Gasteiger partial charge in [0.25, 0.3) is 0 Å². The molecule has 0 aromatic heterocycles. The number of aldehydes is 1. The van der Waals surface area contributed by atoms with E-state index in [9.17, 15) is 9.59 Å². The van der Waals surface area contributed by atoms with Crippen molar-refractivity contribution in [1.82, 2.24) is 0 Å². The summed E-state index contributed by atoms with van der Waals surface area (Å²) in [6, 6.07) is 0. The van der Waals surface area contributed by atoms with Crippen molar-refractivity contribution in [2.75, 3.05) is 0 Å². The minimum Gasteiger partial charge on any atom is -0.369 e. The molecule has 0 aliphatic rings. The molecule has 0 saturated heterocycles. The molecule has 0 aliphatic heterocycles. The Morgan fingerprint density at radius 3 is 2.33 bits per heavy atom. The monoisotopic (exact) mass is 213 g/mol. The summed E-state index contributed by atoms with van der Waals surface area (Å²) in [4.78, 5) is 22.1. The fraction of sp³-hybridized carbons (Fsp3) is 0.833. The van der Waals surface area contributed by atoms with E-state index >= 15 is 0 Å². The summed E-state index contributed by atoms with van der Waals surface area (Å²) < 4.78 is 0. The topological polar surface area (TPSA) is 60.2 Å². The van der Waals surface area contributed by atoms with Crippen LogP contribution in [-0.2, 0) is 9.59 Å². The van der Waals surface area contributed by atoms with E-state index in [0.717, 1.165) is 32.0 Å². The lowest BCUT2D eigenvalue weighted by molar-refractivity contribution is -0.127.